The van der Waals surface area contributed by atoms with Crippen LogP contribution in [0.1, 0.15) is 47.0 Å². The Morgan fingerprint density at radius 2 is 1.81 bits per heavy atom. The lowest BCUT2D eigenvalue weighted by Gasteiger charge is -2.20. The molecule has 0 aliphatic rings. The van der Waals surface area contributed by atoms with Crippen molar-refractivity contribution in [1.82, 2.24) is 0 Å². The Morgan fingerprint density at radius 1 is 1.19 bits per heavy atom. The fourth-order valence-electron chi connectivity index (χ4n) is 1.67. The van der Waals surface area contributed by atoms with Crippen molar-refractivity contribution in [3.8, 4) is 12.1 Å². The molecule has 16 heavy (non-hydrogen) atoms. The van der Waals surface area contributed by atoms with E-state index in [0.29, 0.717) is 18.3 Å². The summed E-state index contributed by atoms with van der Waals surface area (Å²) in [5.41, 5.74) is 0.797. The van der Waals surface area contributed by atoms with Gasteiger partial charge in [-0.25, -0.2) is 0 Å². The van der Waals surface area contributed by atoms with E-state index in [1.54, 1.807) is 0 Å². The average Bonchev–Trinajstić information content (AvgIpc) is 2.32. The van der Waals surface area contributed by atoms with Crippen molar-refractivity contribution in [3.05, 3.63) is 11.6 Å². The summed E-state index contributed by atoms with van der Waals surface area (Å²) in [5, 5.41) is 18.0. The quantitative estimate of drug-likeness (QED) is 0.631. The third-order valence-corrected chi connectivity index (χ3v) is 3.28. The van der Waals surface area contributed by atoms with Crippen LogP contribution in [0.15, 0.2) is 11.6 Å². The molecule has 0 rings (SSSR count). The second kappa shape index (κ2) is 7.94. The summed E-state index contributed by atoms with van der Waals surface area (Å²) in [4.78, 5) is 0. The number of nitrogens with zero attached hydrogens (tertiary/aromatic N) is 2. The van der Waals surface area contributed by atoms with E-state index in [4.69, 9.17) is 5.26 Å². The van der Waals surface area contributed by atoms with Gasteiger partial charge in [0.2, 0.25) is 0 Å². The third kappa shape index (κ3) is 4.49. The number of rotatable bonds is 6. The topological polar surface area (TPSA) is 47.6 Å². The van der Waals surface area contributed by atoms with Crippen molar-refractivity contribution in [2.45, 2.75) is 47.0 Å². The van der Waals surface area contributed by atoms with Crippen molar-refractivity contribution in [3.63, 3.8) is 0 Å². The molecule has 0 bridgehead atoms. The van der Waals surface area contributed by atoms with Gasteiger partial charge in [0, 0.05) is 17.9 Å². The molecule has 0 fully saturated rings. The molecule has 0 aromatic rings. The highest BCUT2D eigenvalue weighted by molar-refractivity contribution is 5.26. The summed E-state index contributed by atoms with van der Waals surface area (Å²) < 4.78 is 0. The summed E-state index contributed by atoms with van der Waals surface area (Å²) in [7, 11) is 0. The molecule has 0 spiro atoms. The minimum absolute atomic E-state index is 0.106. The summed E-state index contributed by atoms with van der Waals surface area (Å²) >= 11 is 0. The van der Waals surface area contributed by atoms with E-state index in [1.807, 2.05) is 6.08 Å². The van der Waals surface area contributed by atoms with Crippen LogP contribution in [0.4, 0.5) is 0 Å². The molecule has 0 amide bonds. The van der Waals surface area contributed by atoms with Crippen LogP contribution in [0.5, 0.6) is 0 Å². The van der Waals surface area contributed by atoms with Crippen LogP contribution in [0, 0.1) is 40.4 Å². The molecule has 0 aliphatic carbocycles. The average molecular weight is 218 g/mol. The Balaban J connectivity index is 4.94. The zero-order valence-corrected chi connectivity index (χ0v) is 10.8. The van der Waals surface area contributed by atoms with Crippen molar-refractivity contribution in [2.75, 3.05) is 0 Å². The molecule has 2 nitrogen and oxygen atoms in total. The first-order valence-electron chi connectivity index (χ1n) is 6.09. The van der Waals surface area contributed by atoms with Crippen LogP contribution in [-0.2, 0) is 0 Å². The Hall–Kier alpha value is -1.28. The predicted octanol–water partition coefficient (Wildman–Crippen LogP) is 4.06. The van der Waals surface area contributed by atoms with E-state index in [2.05, 4.69) is 39.8 Å². The van der Waals surface area contributed by atoms with Gasteiger partial charge in [-0.15, -0.1) is 0 Å². The SMILES string of the molecule is CCC(C)/C=C(\C#N)C(CC#N)C(C)CC. The van der Waals surface area contributed by atoms with Crippen LogP contribution in [0.3, 0.4) is 0 Å². The lowest BCUT2D eigenvalue weighted by atomic mass is 9.82. The van der Waals surface area contributed by atoms with E-state index >= 15 is 0 Å². The van der Waals surface area contributed by atoms with Crippen LogP contribution in [-0.4, -0.2) is 0 Å². The van der Waals surface area contributed by atoms with Crippen molar-refractivity contribution in [2.24, 2.45) is 17.8 Å². The van der Waals surface area contributed by atoms with Gasteiger partial charge in [-0.05, 0) is 11.8 Å². The number of allylic oxidation sites excluding steroid dienone is 2. The van der Waals surface area contributed by atoms with Gasteiger partial charge < -0.3 is 0 Å². The standard InChI is InChI=1S/C14H22N2/c1-5-11(3)9-13(10-16)14(7-8-15)12(4)6-2/h9,11-12,14H,5-7H2,1-4H3/b13-9+. The molecule has 0 heterocycles. The second-order valence-electron chi connectivity index (χ2n) is 4.47. The minimum Gasteiger partial charge on any atom is -0.198 e. The molecule has 0 saturated carbocycles. The minimum atomic E-state index is 0.106. The highest BCUT2D eigenvalue weighted by atomic mass is 14.3. The van der Waals surface area contributed by atoms with Crippen LogP contribution >= 0.6 is 0 Å². The molecule has 0 N–H and O–H groups in total. The first-order chi connectivity index (χ1) is 7.60. The van der Waals surface area contributed by atoms with Gasteiger partial charge in [0.15, 0.2) is 0 Å². The van der Waals surface area contributed by atoms with Gasteiger partial charge in [-0.2, -0.15) is 10.5 Å². The maximum atomic E-state index is 9.18. The normalized spacial score (nSPS) is 17.0. The van der Waals surface area contributed by atoms with Gasteiger partial charge in [0.25, 0.3) is 0 Å². The van der Waals surface area contributed by atoms with Crippen molar-refractivity contribution >= 4 is 0 Å². The van der Waals surface area contributed by atoms with E-state index in [9.17, 15) is 5.26 Å². The second-order valence-corrected chi connectivity index (χ2v) is 4.47. The molecular weight excluding hydrogens is 196 g/mol. The van der Waals surface area contributed by atoms with Crippen LogP contribution < -0.4 is 0 Å². The van der Waals surface area contributed by atoms with Crippen LogP contribution in [0.2, 0.25) is 0 Å². The Labute approximate surface area is 99.6 Å². The van der Waals surface area contributed by atoms with Gasteiger partial charge >= 0.3 is 0 Å². The van der Waals surface area contributed by atoms with Gasteiger partial charge in [-0.1, -0.05) is 46.6 Å². The molecule has 0 aromatic carbocycles. The summed E-state index contributed by atoms with van der Waals surface area (Å²) in [6.45, 7) is 8.44. The third-order valence-electron chi connectivity index (χ3n) is 3.28. The molecule has 2 heteroatoms. The lowest BCUT2D eigenvalue weighted by molar-refractivity contribution is 0.408. The van der Waals surface area contributed by atoms with Gasteiger partial charge in [0.05, 0.1) is 12.1 Å². The van der Waals surface area contributed by atoms with E-state index in [0.717, 1.165) is 18.4 Å². The van der Waals surface area contributed by atoms with E-state index in [1.165, 1.54) is 0 Å². The Morgan fingerprint density at radius 3 is 2.19 bits per heavy atom. The lowest BCUT2D eigenvalue weighted by Crippen LogP contribution is -2.13. The van der Waals surface area contributed by atoms with E-state index in [-0.39, 0.29) is 5.92 Å². The smallest absolute Gasteiger partial charge is 0.0947 e. The monoisotopic (exact) mass is 218 g/mol. The number of hydrogen-bond acceptors (Lipinski definition) is 2. The Kier molecular flexibility index (Phi) is 7.31. The zero-order chi connectivity index (χ0) is 12.6. The molecule has 0 aromatic heterocycles. The first-order valence-corrected chi connectivity index (χ1v) is 6.09. The maximum absolute atomic E-state index is 9.18. The maximum Gasteiger partial charge on any atom is 0.0947 e. The summed E-state index contributed by atoms with van der Waals surface area (Å²) in [6, 6.07) is 4.47. The Bertz CT molecular complexity index is 304. The van der Waals surface area contributed by atoms with Crippen molar-refractivity contribution < 1.29 is 0 Å². The molecular formula is C14H22N2. The summed E-state index contributed by atoms with van der Waals surface area (Å²) in [6.07, 6.45) is 4.52. The molecule has 0 radical (unpaired) electrons. The first kappa shape index (κ1) is 14.7. The fraction of sp³-hybridized carbons (Fsp3) is 0.714. The zero-order valence-electron chi connectivity index (χ0n) is 10.8. The molecule has 88 valence electrons. The fourth-order valence-corrected chi connectivity index (χ4v) is 1.67. The largest absolute Gasteiger partial charge is 0.198 e. The molecule has 3 atom stereocenters. The van der Waals surface area contributed by atoms with Crippen molar-refractivity contribution in [1.29, 1.82) is 10.5 Å². The molecule has 3 unspecified atom stereocenters. The number of hydrogen-bond donors (Lipinski definition) is 0. The predicted molar refractivity (Wildman–Crippen MR) is 66.3 cm³/mol. The summed E-state index contributed by atoms with van der Waals surface area (Å²) in [5.74, 6) is 0.920. The highest BCUT2D eigenvalue weighted by Crippen LogP contribution is 2.27. The van der Waals surface area contributed by atoms with E-state index < -0.39 is 0 Å². The van der Waals surface area contributed by atoms with Gasteiger partial charge in [-0.3, -0.25) is 0 Å². The molecule has 0 saturated heterocycles. The van der Waals surface area contributed by atoms with Crippen LogP contribution in [0.25, 0.3) is 0 Å². The molecule has 0 aliphatic heterocycles. The highest BCUT2D eigenvalue weighted by Gasteiger charge is 2.20. The van der Waals surface area contributed by atoms with Gasteiger partial charge in [0.1, 0.15) is 0 Å². The number of nitriles is 2.